The lowest BCUT2D eigenvalue weighted by molar-refractivity contribution is 0.0859. The maximum Gasteiger partial charge on any atom is 0.255 e. The topological polar surface area (TPSA) is 9.23 Å². The van der Waals surface area contributed by atoms with Crippen molar-refractivity contribution >= 4 is 15.9 Å². The fourth-order valence-corrected chi connectivity index (χ4v) is 3.06. The number of methoxy groups -OCH3 is 1. The van der Waals surface area contributed by atoms with Gasteiger partial charge in [0.15, 0.2) is 0 Å². The highest BCUT2D eigenvalue weighted by molar-refractivity contribution is 9.09. The molecule has 94 valence electrons. The molecule has 0 aromatic heterocycles. The zero-order chi connectivity index (χ0) is 12.5. The van der Waals surface area contributed by atoms with Gasteiger partial charge in [-0.2, -0.15) is 0 Å². The summed E-state index contributed by atoms with van der Waals surface area (Å²) in [7, 11) is 1.61. The van der Waals surface area contributed by atoms with Crippen molar-refractivity contribution in [1.82, 2.24) is 0 Å². The Morgan fingerprint density at radius 2 is 1.88 bits per heavy atom. The van der Waals surface area contributed by atoms with E-state index < -0.39 is 17.8 Å². The number of alkyl halides is 3. The minimum absolute atomic E-state index is 0.396. The fraction of sp³-hybridized carbons (Fsp3) is 0.538. The highest BCUT2D eigenvalue weighted by atomic mass is 79.9. The van der Waals surface area contributed by atoms with Crippen LogP contribution in [0.3, 0.4) is 0 Å². The highest BCUT2D eigenvalue weighted by Crippen LogP contribution is 2.57. The largest absolute Gasteiger partial charge is 0.497 e. The Balaban J connectivity index is 1.86. The molecule has 2 atom stereocenters. The normalized spacial score (nSPS) is 25.6. The molecule has 0 amide bonds. The van der Waals surface area contributed by atoms with Crippen LogP contribution >= 0.6 is 15.9 Å². The molecule has 1 nitrogen and oxygen atoms in total. The van der Waals surface area contributed by atoms with E-state index >= 15 is 0 Å². The van der Waals surface area contributed by atoms with E-state index in [1.165, 1.54) is 0 Å². The molecule has 1 aromatic carbocycles. The minimum Gasteiger partial charge on any atom is -0.497 e. The molecule has 0 N–H and O–H groups in total. The highest BCUT2D eigenvalue weighted by Gasteiger charge is 2.66. The van der Waals surface area contributed by atoms with Crippen molar-refractivity contribution in [2.45, 2.75) is 18.8 Å². The number of ether oxygens (including phenoxy) is 1. The van der Waals surface area contributed by atoms with E-state index in [0.29, 0.717) is 18.2 Å². The maximum atomic E-state index is 13.2. The van der Waals surface area contributed by atoms with Crippen molar-refractivity contribution in [2.75, 3.05) is 12.4 Å². The van der Waals surface area contributed by atoms with E-state index in [9.17, 15) is 8.78 Å². The van der Waals surface area contributed by atoms with Crippen molar-refractivity contribution < 1.29 is 13.5 Å². The Kier molecular flexibility index (Phi) is 3.71. The number of halogens is 3. The SMILES string of the molecule is COc1ccc(CCC2C(CBr)C2(F)F)cc1. The Morgan fingerprint density at radius 1 is 1.24 bits per heavy atom. The van der Waals surface area contributed by atoms with Crippen molar-refractivity contribution in [3.63, 3.8) is 0 Å². The number of aryl methyl sites for hydroxylation is 1. The molecule has 0 bridgehead atoms. The molecule has 17 heavy (non-hydrogen) atoms. The summed E-state index contributed by atoms with van der Waals surface area (Å²) in [6.45, 7) is 0. The van der Waals surface area contributed by atoms with Gasteiger partial charge in [0.2, 0.25) is 0 Å². The zero-order valence-corrected chi connectivity index (χ0v) is 11.2. The molecule has 1 aliphatic carbocycles. The van der Waals surface area contributed by atoms with Crippen molar-refractivity contribution in [1.29, 1.82) is 0 Å². The molecule has 1 fully saturated rings. The quantitative estimate of drug-likeness (QED) is 0.750. The van der Waals surface area contributed by atoms with Crippen LogP contribution in [0.4, 0.5) is 8.78 Å². The van der Waals surface area contributed by atoms with Gasteiger partial charge in [-0.25, -0.2) is 8.78 Å². The van der Waals surface area contributed by atoms with Gasteiger partial charge in [-0.15, -0.1) is 0 Å². The molecule has 4 heteroatoms. The molecule has 0 aliphatic heterocycles. The first-order valence-corrected chi connectivity index (χ1v) is 6.78. The standard InChI is InChI=1S/C13H15BrF2O/c1-17-10-5-2-9(3-6-10)4-7-11-12(8-14)13(11,15)16/h2-3,5-6,11-12H,4,7-8H2,1H3. The molecule has 1 aliphatic rings. The summed E-state index contributed by atoms with van der Waals surface area (Å²) in [5.41, 5.74) is 1.09. The Labute approximate surface area is 108 Å². The summed E-state index contributed by atoms with van der Waals surface area (Å²) in [5.74, 6) is -2.59. The van der Waals surface area contributed by atoms with Gasteiger partial charge in [0.05, 0.1) is 7.11 Å². The number of rotatable bonds is 5. The van der Waals surface area contributed by atoms with Gasteiger partial charge in [-0.3, -0.25) is 0 Å². The van der Waals surface area contributed by atoms with Gasteiger partial charge in [-0.1, -0.05) is 28.1 Å². The van der Waals surface area contributed by atoms with Crippen LogP contribution in [0.1, 0.15) is 12.0 Å². The first-order chi connectivity index (χ1) is 8.09. The lowest BCUT2D eigenvalue weighted by Crippen LogP contribution is -1.96. The zero-order valence-electron chi connectivity index (χ0n) is 9.63. The van der Waals surface area contributed by atoms with Crippen LogP contribution in [0.15, 0.2) is 24.3 Å². The van der Waals surface area contributed by atoms with Gasteiger partial charge in [0.1, 0.15) is 5.75 Å². The van der Waals surface area contributed by atoms with E-state index in [1.807, 2.05) is 24.3 Å². The maximum absolute atomic E-state index is 13.2. The van der Waals surface area contributed by atoms with Crippen LogP contribution in [0.25, 0.3) is 0 Å². The van der Waals surface area contributed by atoms with Gasteiger partial charge in [-0.05, 0) is 30.5 Å². The molecule has 1 aromatic rings. The molecular formula is C13H15BrF2O. The summed E-state index contributed by atoms with van der Waals surface area (Å²) >= 11 is 3.14. The average molecular weight is 305 g/mol. The second-order valence-electron chi connectivity index (χ2n) is 4.43. The molecular weight excluding hydrogens is 290 g/mol. The molecule has 0 saturated heterocycles. The van der Waals surface area contributed by atoms with E-state index in [2.05, 4.69) is 15.9 Å². The summed E-state index contributed by atoms with van der Waals surface area (Å²) < 4.78 is 31.5. The monoisotopic (exact) mass is 304 g/mol. The fourth-order valence-electron chi connectivity index (χ4n) is 2.18. The predicted molar refractivity (Wildman–Crippen MR) is 67.0 cm³/mol. The lowest BCUT2D eigenvalue weighted by atomic mass is 10.1. The van der Waals surface area contributed by atoms with Crippen LogP contribution in [-0.4, -0.2) is 18.4 Å². The second kappa shape index (κ2) is 4.92. The first-order valence-electron chi connectivity index (χ1n) is 5.66. The van der Waals surface area contributed by atoms with Gasteiger partial charge < -0.3 is 4.74 Å². The summed E-state index contributed by atoms with van der Waals surface area (Å²) in [6, 6.07) is 7.59. The molecule has 2 rings (SSSR count). The number of hydrogen-bond acceptors (Lipinski definition) is 1. The molecule has 0 spiro atoms. The van der Waals surface area contributed by atoms with Crippen LogP contribution in [0.2, 0.25) is 0 Å². The average Bonchev–Trinajstić information content (AvgIpc) is 2.88. The smallest absolute Gasteiger partial charge is 0.255 e. The molecule has 0 radical (unpaired) electrons. The van der Waals surface area contributed by atoms with Crippen molar-refractivity contribution in [2.24, 2.45) is 11.8 Å². The minimum atomic E-state index is -2.46. The van der Waals surface area contributed by atoms with E-state index in [-0.39, 0.29) is 0 Å². The Morgan fingerprint density at radius 3 is 2.35 bits per heavy atom. The van der Waals surface area contributed by atoms with Crippen LogP contribution in [0.5, 0.6) is 5.75 Å². The third-order valence-electron chi connectivity index (χ3n) is 3.43. The van der Waals surface area contributed by atoms with Gasteiger partial charge >= 0.3 is 0 Å². The summed E-state index contributed by atoms with van der Waals surface area (Å²) in [5, 5.41) is 0.396. The van der Waals surface area contributed by atoms with E-state index in [1.54, 1.807) is 7.11 Å². The molecule has 0 heterocycles. The van der Waals surface area contributed by atoms with Crippen LogP contribution < -0.4 is 4.74 Å². The van der Waals surface area contributed by atoms with Crippen LogP contribution in [0, 0.1) is 11.8 Å². The van der Waals surface area contributed by atoms with E-state index in [0.717, 1.165) is 11.3 Å². The molecule has 2 unspecified atom stereocenters. The number of hydrogen-bond donors (Lipinski definition) is 0. The van der Waals surface area contributed by atoms with Gasteiger partial charge in [0, 0.05) is 17.2 Å². The first kappa shape index (κ1) is 12.8. The second-order valence-corrected chi connectivity index (χ2v) is 5.08. The number of benzene rings is 1. The third kappa shape index (κ3) is 2.62. The summed E-state index contributed by atoms with van der Waals surface area (Å²) in [4.78, 5) is 0. The van der Waals surface area contributed by atoms with Crippen molar-refractivity contribution in [3.8, 4) is 5.75 Å². The molecule has 1 saturated carbocycles. The predicted octanol–water partition coefficient (Wildman–Crippen LogP) is 3.90. The third-order valence-corrected chi connectivity index (χ3v) is 4.13. The Bertz CT molecular complexity index is 378. The van der Waals surface area contributed by atoms with Crippen molar-refractivity contribution in [3.05, 3.63) is 29.8 Å². The van der Waals surface area contributed by atoms with Crippen LogP contribution in [-0.2, 0) is 6.42 Å². The Hall–Kier alpha value is -0.640. The van der Waals surface area contributed by atoms with Gasteiger partial charge in [0.25, 0.3) is 5.92 Å². The summed E-state index contributed by atoms with van der Waals surface area (Å²) in [6.07, 6.45) is 1.25. The lowest BCUT2D eigenvalue weighted by Gasteiger charge is -2.03. The van der Waals surface area contributed by atoms with E-state index in [4.69, 9.17) is 4.74 Å².